The Hall–Kier alpha value is -3.06. The number of amides is 2. The van der Waals surface area contributed by atoms with E-state index in [2.05, 4.69) is 24.0 Å². The lowest BCUT2D eigenvalue weighted by Crippen LogP contribution is -2.41. The van der Waals surface area contributed by atoms with Gasteiger partial charge in [0.2, 0.25) is 11.8 Å². The Labute approximate surface area is 216 Å². The van der Waals surface area contributed by atoms with Gasteiger partial charge in [-0.05, 0) is 85.5 Å². The van der Waals surface area contributed by atoms with Gasteiger partial charge < -0.3 is 9.80 Å². The summed E-state index contributed by atoms with van der Waals surface area (Å²) < 4.78 is 14.1. The smallest absolute Gasteiger partial charge is 0.223 e. The highest BCUT2D eigenvalue weighted by molar-refractivity contribution is 7.10. The van der Waals surface area contributed by atoms with Crippen LogP contribution < -0.4 is 0 Å². The molecule has 188 valence electrons. The van der Waals surface area contributed by atoms with E-state index < -0.39 is 0 Å². The summed E-state index contributed by atoms with van der Waals surface area (Å²) >= 11 is 1.68. The second-order valence-electron chi connectivity index (χ2n) is 9.96. The maximum absolute atomic E-state index is 14.1. The van der Waals surface area contributed by atoms with Gasteiger partial charge in [0.15, 0.2) is 0 Å². The van der Waals surface area contributed by atoms with Gasteiger partial charge in [-0.3, -0.25) is 14.6 Å². The molecule has 0 bridgehead atoms. The van der Waals surface area contributed by atoms with E-state index in [1.165, 1.54) is 22.6 Å². The average Bonchev–Trinajstić information content (AvgIpc) is 3.50. The number of thiophene rings is 1. The number of aromatic nitrogens is 1. The molecule has 0 aliphatic carbocycles. The van der Waals surface area contributed by atoms with Gasteiger partial charge in [0.05, 0.1) is 6.04 Å². The van der Waals surface area contributed by atoms with Crippen molar-refractivity contribution in [3.63, 3.8) is 0 Å². The van der Waals surface area contributed by atoms with Crippen molar-refractivity contribution >= 4 is 23.2 Å². The first-order chi connectivity index (χ1) is 17.4. The minimum Gasteiger partial charge on any atom is -0.339 e. The van der Waals surface area contributed by atoms with Crippen LogP contribution in [0.5, 0.6) is 0 Å². The summed E-state index contributed by atoms with van der Waals surface area (Å²) in [5.41, 5.74) is 5.04. The maximum Gasteiger partial charge on any atom is 0.223 e. The molecule has 5 rings (SSSR count). The molecule has 7 heteroatoms. The molecule has 5 nitrogen and oxygen atoms in total. The summed E-state index contributed by atoms with van der Waals surface area (Å²) in [4.78, 5) is 36.3. The summed E-state index contributed by atoms with van der Waals surface area (Å²) in [5.74, 6) is -0.331. The number of carbonyl (C=O) groups excluding carboxylic acids is 2. The van der Waals surface area contributed by atoms with Gasteiger partial charge in [-0.15, -0.1) is 11.3 Å². The number of likely N-dealkylation sites (tertiary alicyclic amines) is 1. The molecule has 2 atom stereocenters. The standard InChI is InChI=1S/C29H32FN3O2S/c1-19-15-20(2)31-23(16-19)18-24-7-4-12-32(24)27(34)8-9-28(35)33-13-10-26-25(11-14-36-26)29(33)21-5-3-6-22(30)17-21/h3,5-6,11,14-17,24,29H,4,7-10,12-13,18H2,1-2H3. The van der Waals surface area contributed by atoms with E-state index in [9.17, 15) is 14.0 Å². The molecule has 2 unspecified atom stereocenters. The van der Waals surface area contributed by atoms with E-state index in [1.807, 2.05) is 34.2 Å². The number of carbonyl (C=O) groups is 2. The minimum atomic E-state index is -0.312. The first kappa shape index (κ1) is 24.6. The lowest BCUT2D eigenvalue weighted by Gasteiger charge is -2.36. The fourth-order valence-electron chi connectivity index (χ4n) is 5.77. The molecule has 2 aliphatic heterocycles. The van der Waals surface area contributed by atoms with E-state index >= 15 is 0 Å². The summed E-state index contributed by atoms with van der Waals surface area (Å²) in [7, 11) is 0. The van der Waals surface area contributed by atoms with Crippen molar-refractivity contribution in [2.75, 3.05) is 13.1 Å². The van der Waals surface area contributed by atoms with Crippen molar-refractivity contribution in [3.8, 4) is 0 Å². The molecule has 2 aromatic heterocycles. The number of pyridine rings is 1. The summed E-state index contributed by atoms with van der Waals surface area (Å²) in [6, 6.07) is 12.5. The number of nitrogens with zero attached hydrogens (tertiary/aromatic N) is 3. The molecular weight excluding hydrogens is 473 g/mol. The van der Waals surface area contributed by atoms with Crippen LogP contribution in [0.15, 0.2) is 47.8 Å². The summed E-state index contributed by atoms with van der Waals surface area (Å²) in [5, 5.41) is 2.03. The number of rotatable bonds is 6. The molecule has 36 heavy (non-hydrogen) atoms. The van der Waals surface area contributed by atoms with Crippen molar-refractivity contribution in [3.05, 3.63) is 86.6 Å². The third-order valence-corrected chi connectivity index (χ3v) is 8.29. The number of aryl methyl sites for hydroxylation is 2. The van der Waals surface area contributed by atoms with Crippen LogP contribution in [0.2, 0.25) is 0 Å². The highest BCUT2D eigenvalue weighted by Crippen LogP contribution is 2.38. The Bertz CT molecular complexity index is 1250. The summed E-state index contributed by atoms with van der Waals surface area (Å²) in [6.45, 7) is 5.37. The number of halogens is 1. The predicted octanol–water partition coefficient (Wildman–Crippen LogP) is 5.39. The highest BCUT2D eigenvalue weighted by Gasteiger charge is 2.34. The van der Waals surface area contributed by atoms with Crippen molar-refractivity contribution in [1.82, 2.24) is 14.8 Å². The van der Waals surface area contributed by atoms with E-state index in [0.29, 0.717) is 6.54 Å². The number of benzene rings is 1. The lowest BCUT2D eigenvalue weighted by molar-refractivity contribution is -0.138. The second-order valence-corrected chi connectivity index (χ2v) is 11.0. The molecule has 0 saturated carbocycles. The number of hydrogen-bond acceptors (Lipinski definition) is 4. The topological polar surface area (TPSA) is 53.5 Å². The Morgan fingerprint density at radius 2 is 1.86 bits per heavy atom. The molecule has 1 saturated heterocycles. The quantitative estimate of drug-likeness (QED) is 0.452. The van der Waals surface area contributed by atoms with Crippen LogP contribution in [0, 0.1) is 19.7 Å². The molecule has 3 aromatic rings. The average molecular weight is 506 g/mol. The summed E-state index contributed by atoms with van der Waals surface area (Å²) in [6.07, 6.45) is 3.83. The van der Waals surface area contributed by atoms with Crippen LogP contribution in [0.25, 0.3) is 0 Å². The van der Waals surface area contributed by atoms with Crippen LogP contribution in [-0.4, -0.2) is 45.7 Å². The molecule has 0 spiro atoms. The Morgan fingerprint density at radius 1 is 1.06 bits per heavy atom. The third-order valence-electron chi connectivity index (χ3n) is 7.30. The zero-order valence-corrected chi connectivity index (χ0v) is 21.7. The first-order valence-electron chi connectivity index (χ1n) is 12.7. The third kappa shape index (κ3) is 5.21. The molecule has 0 N–H and O–H groups in total. The molecule has 4 heterocycles. The van der Waals surface area contributed by atoms with E-state index in [1.54, 1.807) is 17.4 Å². The van der Waals surface area contributed by atoms with Crippen LogP contribution in [-0.2, 0) is 22.4 Å². The molecule has 1 aromatic carbocycles. The molecule has 0 radical (unpaired) electrons. The fourth-order valence-corrected chi connectivity index (χ4v) is 6.67. The largest absolute Gasteiger partial charge is 0.339 e. The van der Waals surface area contributed by atoms with Gasteiger partial charge in [-0.1, -0.05) is 12.1 Å². The van der Waals surface area contributed by atoms with Gasteiger partial charge in [0, 0.05) is 54.7 Å². The zero-order chi connectivity index (χ0) is 25.2. The maximum atomic E-state index is 14.1. The van der Waals surface area contributed by atoms with Crippen LogP contribution in [0.1, 0.15) is 64.7 Å². The Morgan fingerprint density at radius 3 is 2.64 bits per heavy atom. The molecule has 2 amide bonds. The van der Waals surface area contributed by atoms with Gasteiger partial charge in [-0.2, -0.15) is 0 Å². The van der Waals surface area contributed by atoms with Gasteiger partial charge in [0.25, 0.3) is 0 Å². The van der Waals surface area contributed by atoms with Gasteiger partial charge in [0.1, 0.15) is 5.82 Å². The van der Waals surface area contributed by atoms with Crippen LogP contribution in [0.4, 0.5) is 4.39 Å². The van der Waals surface area contributed by atoms with Crippen molar-refractivity contribution in [2.24, 2.45) is 0 Å². The normalized spacial score (nSPS) is 19.4. The number of hydrogen-bond donors (Lipinski definition) is 0. The van der Waals surface area contributed by atoms with Crippen LogP contribution in [0.3, 0.4) is 0 Å². The SMILES string of the molecule is Cc1cc(C)nc(CC2CCCN2C(=O)CCC(=O)N2CCc3sccc3C2c2cccc(F)c2)c1. The fraction of sp³-hybridized carbons (Fsp3) is 0.414. The van der Waals surface area contributed by atoms with Crippen molar-refractivity contribution < 1.29 is 14.0 Å². The highest BCUT2D eigenvalue weighted by atomic mass is 32.1. The Balaban J connectivity index is 1.26. The van der Waals surface area contributed by atoms with Gasteiger partial charge >= 0.3 is 0 Å². The van der Waals surface area contributed by atoms with Gasteiger partial charge in [-0.25, -0.2) is 4.39 Å². The molecule has 1 fully saturated rings. The molecular formula is C29H32FN3O2S. The van der Waals surface area contributed by atoms with Crippen LogP contribution >= 0.6 is 11.3 Å². The monoisotopic (exact) mass is 505 g/mol. The molecule has 2 aliphatic rings. The van der Waals surface area contributed by atoms with E-state index in [0.717, 1.165) is 54.7 Å². The van der Waals surface area contributed by atoms with Crippen molar-refractivity contribution in [2.45, 2.75) is 64.5 Å². The number of fused-ring (bicyclic) bond motifs is 1. The van der Waals surface area contributed by atoms with Crippen molar-refractivity contribution in [1.29, 1.82) is 0 Å². The van der Waals surface area contributed by atoms with E-state index in [4.69, 9.17) is 0 Å². The predicted molar refractivity (Wildman–Crippen MR) is 139 cm³/mol. The Kier molecular flexibility index (Phi) is 7.19. The lowest BCUT2D eigenvalue weighted by atomic mass is 9.92. The minimum absolute atomic E-state index is 0.0331. The zero-order valence-electron chi connectivity index (χ0n) is 20.9. The first-order valence-corrected chi connectivity index (χ1v) is 13.6. The second kappa shape index (κ2) is 10.5. The van der Waals surface area contributed by atoms with E-state index in [-0.39, 0.29) is 42.6 Å².